The number of aliphatic hydroxyl groups is 11. The number of nitrogens with one attached hydrogen (secondary N) is 1. The van der Waals surface area contributed by atoms with E-state index >= 15 is 0 Å². The molecule has 0 radical (unpaired) electrons. The zero-order chi connectivity index (χ0) is 75.3. The van der Waals surface area contributed by atoms with Crippen LogP contribution in [0.1, 0.15) is 277 Å². The zero-order valence-electron chi connectivity index (χ0n) is 64.0. The van der Waals surface area contributed by atoms with Crippen molar-refractivity contribution in [2.24, 2.45) is 0 Å². The van der Waals surface area contributed by atoms with Crippen LogP contribution in [0.3, 0.4) is 0 Å². The lowest BCUT2D eigenvalue weighted by atomic mass is 9.96. The lowest BCUT2D eigenvalue weighted by Crippen LogP contribution is -2.66. The van der Waals surface area contributed by atoms with Crippen molar-refractivity contribution in [3.63, 3.8) is 0 Å². The quantitative estimate of drug-likeness (QED) is 0.0199. The van der Waals surface area contributed by atoms with Gasteiger partial charge in [0.15, 0.2) is 18.9 Å². The number of hydrogen-bond acceptors (Lipinski definition) is 18. The summed E-state index contributed by atoms with van der Waals surface area (Å²) in [5.74, 6) is -0.293. The smallest absolute Gasteiger partial charge is 0.220 e. The van der Waals surface area contributed by atoms with Crippen LogP contribution in [0.2, 0.25) is 0 Å². The molecular weight excluding hydrogens is 1320 g/mol. The summed E-state index contributed by atoms with van der Waals surface area (Å²) in [4.78, 5) is 13.5. The van der Waals surface area contributed by atoms with E-state index in [1.54, 1.807) is 6.08 Å². The van der Waals surface area contributed by atoms with E-state index in [1.807, 2.05) is 6.08 Å². The molecule has 0 saturated carbocycles. The molecule has 17 atom stereocenters. The van der Waals surface area contributed by atoms with Crippen LogP contribution in [0.25, 0.3) is 0 Å². The van der Waals surface area contributed by atoms with Gasteiger partial charge < -0.3 is 89.9 Å². The van der Waals surface area contributed by atoms with E-state index in [-0.39, 0.29) is 18.9 Å². The molecule has 0 aromatic rings. The molecule has 0 aliphatic carbocycles. The van der Waals surface area contributed by atoms with Crippen LogP contribution in [-0.4, -0.2) is 193 Å². The normalized spacial score (nSPS) is 26.6. The molecule has 19 heteroatoms. The van der Waals surface area contributed by atoms with Crippen molar-refractivity contribution < 1.29 is 89.4 Å². The maximum Gasteiger partial charge on any atom is 0.220 e. The van der Waals surface area contributed by atoms with Crippen LogP contribution in [-0.2, 0) is 33.2 Å². The predicted molar refractivity (Wildman–Crippen MR) is 415 cm³/mol. The zero-order valence-corrected chi connectivity index (χ0v) is 64.0. The first kappa shape index (κ1) is 94.4. The van der Waals surface area contributed by atoms with Crippen molar-refractivity contribution in [3.8, 4) is 0 Å². The van der Waals surface area contributed by atoms with Gasteiger partial charge in [-0.15, -0.1) is 0 Å². The Balaban J connectivity index is 1.38. The maximum absolute atomic E-state index is 13.5. The van der Waals surface area contributed by atoms with E-state index in [2.05, 4.69) is 129 Å². The van der Waals surface area contributed by atoms with Gasteiger partial charge in [-0.3, -0.25) is 4.79 Å². The predicted octanol–water partition coefficient (Wildman–Crippen LogP) is 13.9. The molecule has 1 amide bonds. The standard InChI is InChI=1S/C85H145NO18/c1-3-5-7-9-11-13-15-17-19-21-23-25-27-29-30-31-32-33-34-35-36-37-38-39-41-43-45-47-49-51-53-55-57-59-61-63-73(91)86-68(69(90)62-60-58-56-54-52-50-48-46-44-42-40-28-26-24-22-20-18-16-14-12-10-8-6-4-2)67-99-83-79(97)76(94)81(71(65-88)101-83)104-85-80(98)77(95)82(72(66-89)102-85)103-84-78(96)75(93)74(92)70(64-87)100-84/h5,7,11,13,17,19,23,25,29-30,32-33,35-36,38-39,52,54,60,62,68-72,74-85,87-90,92-98H,3-4,6,8-10,12,14-16,18,20-22,24,26-28,31,34,37,40-51,53,55-59,61,63-67H2,1-2H3,(H,86,91)/b7-5-,13-11-,19-17-,25-23-,30-29-,33-32-,36-35-,39-38-,54-52+,62-60+. The van der Waals surface area contributed by atoms with Gasteiger partial charge in [-0.25, -0.2) is 0 Å². The summed E-state index contributed by atoms with van der Waals surface area (Å²) in [6, 6.07) is -1.00. The Hall–Kier alpha value is -3.81. The van der Waals surface area contributed by atoms with Gasteiger partial charge in [0.1, 0.15) is 73.2 Å². The van der Waals surface area contributed by atoms with Gasteiger partial charge in [0.2, 0.25) is 5.91 Å². The summed E-state index contributed by atoms with van der Waals surface area (Å²) in [5.41, 5.74) is 0. The molecule has 12 N–H and O–H groups in total. The Morgan fingerprint density at radius 1 is 0.356 bits per heavy atom. The molecule has 3 aliphatic rings. The monoisotopic (exact) mass is 1470 g/mol. The molecule has 598 valence electrons. The first-order chi connectivity index (χ1) is 50.8. The minimum absolute atomic E-state index is 0.223. The molecular formula is C85H145NO18. The summed E-state index contributed by atoms with van der Waals surface area (Å²) >= 11 is 0. The molecule has 17 unspecified atom stereocenters. The minimum atomic E-state index is -1.99. The van der Waals surface area contributed by atoms with Crippen LogP contribution in [0.15, 0.2) is 122 Å². The molecule has 3 aliphatic heterocycles. The number of allylic oxidation sites excluding steroid dienone is 19. The van der Waals surface area contributed by atoms with Gasteiger partial charge in [0, 0.05) is 6.42 Å². The molecule has 0 aromatic carbocycles. The van der Waals surface area contributed by atoms with Crippen LogP contribution in [0, 0.1) is 0 Å². The van der Waals surface area contributed by atoms with Crippen LogP contribution < -0.4 is 5.32 Å². The van der Waals surface area contributed by atoms with Crippen molar-refractivity contribution in [3.05, 3.63) is 122 Å². The van der Waals surface area contributed by atoms with Gasteiger partial charge in [-0.2, -0.15) is 0 Å². The number of unbranched alkanes of at least 4 members (excludes halogenated alkanes) is 29. The Labute approximate surface area is 627 Å². The Kier molecular flexibility index (Phi) is 58.1. The number of hydrogen-bond donors (Lipinski definition) is 12. The highest BCUT2D eigenvalue weighted by Crippen LogP contribution is 2.33. The van der Waals surface area contributed by atoms with Crippen LogP contribution >= 0.6 is 0 Å². The highest BCUT2D eigenvalue weighted by Gasteiger charge is 2.54. The number of aliphatic hydroxyl groups excluding tert-OH is 11. The van der Waals surface area contributed by atoms with Crippen molar-refractivity contribution >= 4 is 5.91 Å². The highest BCUT2D eigenvalue weighted by atomic mass is 16.8. The van der Waals surface area contributed by atoms with E-state index < -0.39 is 124 Å². The van der Waals surface area contributed by atoms with Gasteiger partial charge in [-0.05, 0) is 96.3 Å². The lowest BCUT2D eigenvalue weighted by Gasteiger charge is -2.48. The van der Waals surface area contributed by atoms with Crippen molar-refractivity contribution in [2.75, 3.05) is 26.4 Å². The average molecular weight is 1470 g/mol. The van der Waals surface area contributed by atoms with E-state index in [4.69, 9.17) is 28.4 Å². The number of rotatable bonds is 63. The molecule has 3 fully saturated rings. The second-order valence-corrected chi connectivity index (χ2v) is 28.5. The topological polar surface area (TPSA) is 307 Å². The van der Waals surface area contributed by atoms with Gasteiger partial charge >= 0.3 is 0 Å². The largest absolute Gasteiger partial charge is 0.394 e. The van der Waals surface area contributed by atoms with Crippen LogP contribution in [0.5, 0.6) is 0 Å². The third-order valence-corrected chi connectivity index (χ3v) is 19.5. The average Bonchev–Trinajstić information content (AvgIpc) is 0.783. The summed E-state index contributed by atoms with van der Waals surface area (Å²) in [7, 11) is 0. The molecule has 0 aromatic heterocycles. The number of carbonyl (C=O) groups is 1. The first-order valence-corrected chi connectivity index (χ1v) is 40.8. The maximum atomic E-state index is 13.5. The SMILES string of the molecule is CC/C=C\C/C=C\C/C=C\C/C=C\C/C=C\C/C=C\C/C=C\C/C=C\CCCCCCCCCCCCC(=O)NC(COC1OC(CO)C(OC2OC(CO)C(OC3OC(CO)C(O)C(O)C3O)C(O)C2O)C(O)C1O)C(O)/C=C/CC/C=C/CCCCCCCCCCCCCCCCCCCC. The fourth-order valence-corrected chi connectivity index (χ4v) is 13.0. The number of carbonyl (C=O) groups excluding carboxylic acids is 1. The van der Waals surface area contributed by atoms with Gasteiger partial charge in [0.05, 0.1) is 38.6 Å². The van der Waals surface area contributed by atoms with Crippen molar-refractivity contribution in [1.29, 1.82) is 0 Å². The third-order valence-electron chi connectivity index (χ3n) is 19.5. The Bertz CT molecular complexity index is 2350. The summed E-state index contributed by atoms with van der Waals surface area (Å²) < 4.78 is 34.4. The van der Waals surface area contributed by atoms with Crippen LogP contribution in [0.4, 0.5) is 0 Å². The van der Waals surface area contributed by atoms with E-state index in [1.165, 1.54) is 141 Å². The minimum Gasteiger partial charge on any atom is -0.394 e. The van der Waals surface area contributed by atoms with E-state index in [9.17, 15) is 61.0 Å². The summed E-state index contributed by atoms with van der Waals surface area (Å²) in [5, 5.41) is 121. The molecule has 0 bridgehead atoms. The lowest BCUT2D eigenvalue weighted by molar-refractivity contribution is -0.379. The molecule has 3 rings (SSSR count). The fourth-order valence-electron chi connectivity index (χ4n) is 13.0. The number of ether oxygens (including phenoxy) is 6. The van der Waals surface area contributed by atoms with Crippen molar-refractivity contribution in [1.82, 2.24) is 5.32 Å². The molecule has 3 heterocycles. The van der Waals surface area contributed by atoms with E-state index in [0.29, 0.717) is 12.8 Å². The second kappa shape index (κ2) is 64.1. The molecule has 0 spiro atoms. The molecule has 3 saturated heterocycles. The molecule has 19 nitrogen and oxygen atoms in total. The molecule has 104 heavy (non-hydrogen) atoms. The second-order valence-electron chi connectivity index (χ2n) is 28.5. The fraction of sp³-hybridized carbons (Fsp3) is 0.753. The highest BCUT2D eigenvalue weighted by molar-refractivity contribution is 5.76. The summed E-state index contributed by atoms with van der Waals surface area (Å²) in [6.07, 6.45) is 63.2. The summed E-state index contributed by atoms with van der Waals surface area (Å²) in [6.45, 7) is 1.61. The van der Waals surface area contributed by atoms with Crippen molar-refractivity contribution in [2.45, 2.75) is 381 Å². The van der Waals surface area contributed by atoms with Gasteiger partial charge in [0.25, 0.3) is 0 Å². The van der Waals surface area contributed by atoms with E-state index in [0.717, 1.165) is 103 Å². The number of amides is 1. The first-order valence-electron chi connectivity index (χ1n) is 40.8. The third kappa shape index (κ3) is 43.4. The van der Waals surface area contributed by atoms with Gasteiger partial charge in [-0.1, -0.05) is 296 Å². The Morgan fingerprint density at radius 3 is 1.08 bits per heavy atom. The Morgan fingerprint density at radius 2 is 0.673 bits per heavy atom.